The lowest BCUT2D eigenvalue weighted by Crippen LogP contribution is -2.28. The summed E-state index contributed by atoms with van der Waals surface area (Å²) in [5.74, 6) is 0. The minimum atomic E-state index is 0.0486. The molecule has 2 aromatic rings. The van der Waals surface area contributed by atoms with Crippen LogP contribution in [0.2, 0.25) is 0 Å². The Balaban J connectivity index is 1.89. The van der Waals surface area contributed by atoms with Gasteiger partial charge in [-0.05, 0) is 42.3 Å². The van der Waals surface area contributed by atoms with Gasteiger partial charge in [0.05, 0.1) is 0 Å². The summed E-state index contributed by atoms with van der Waals surface area (Å²) in [6, 6.07) is 12.9. The van der Waals surface area contributed by atoms with Gasteiger partial charge in [-0.3, -0.25) is 4.98 Å². The highest BCUT2D eigenvalue weighted by Crippen LogP contribution is 2.14. The van der Waals surface area contributed by atoms with Crippen LogP contribution in [-0.4, -0.2) is 23.5 Å². The van der Waals surface area contributed by atoms with E-state index in [1.54, 1.807) is 0 Å². The monoisotopic (exact) mass is 283 g/mol. The molecule has 0 saturated heterocycles. The normalized spacial score (nSPS) is 12.6. The summed E-state index contributed by atoms with van der Waals surface area (Å²) in [5, 5.41) is 0. The van der Waals surface area contributed by atoms with Crippen molar-refractivity contribution in [2.24, 2.45) is 5.73 Å². The average Bonchev–Trinajstić information content (AvgIpc) is 2.49. The van der Waals surface area contributed by atoms with Crippen LogP contribution in [0.4, 0.5) is 0 Å². The highest BCUT2D eigenvalue weighted by molar-refractivity contribution is 5.25. The minimum Gasteiger partial charge on any atom is -0.323 e. The topological polar surface area (TPSA) is 42.1 Å². The first-order valence-corrected chi connectivity index (χ1v) is 7.61. The van der Waals surface area contributed by atoms with E-state index in [0.29, 0.717) is 0 Å². The van der Waals surface area contributed by atoms with Gasteiger partial charge < -0.3 is 10.6 Å². The first kappa shape index (κ1) is 15.7. The Bertz CT molecular complexity index is 522. The molecule has 0 bridgehead atoms. The standard InChI is InChI=1S/C18H25N3/c1-3-4-15-5-7-17(8-6-15)18(19)14-21(2)13-16-9-11-20-12-10-16/h5-12,18H,3-4,13-14,19H2,1-2H3. The maximum Gasteiger partial charge on any atom is 0.0424 e. The Kier molecular flexibility index (Phi) is 5.90. The summed E-state index contributed by atoms with van der Waals surface area (Å²) in [6.07, 6.45) is 5.97. The predicted octanol–water partition coefficient (Wildman–Crippen LogP) is 3.17. The van der Waals surface area contributed by atoms with Crippen molar-refractivity contribution in [3.63, 3.8) is 0 Å². The molecule has 1 atom stereocenters. The van der Waals surface area contributed by atoms with Gasteiger partial charge in [-0.25, -0.2) is 0 Å². The van der Waals surface area contributed by atoms with Crippen molar-refractivity contribution in [2.75, 3.05) is 13.6 Å². The van der Waals surface area contributed by atoms with Crippen LogP contribution in [0.25, 0.3) is 0 Å². The highest BCUT2D eigenvalue weighted by atomic mass is 15.1. The molecule has 0 aliphatic rings. The number of nitrogens with zero attached hydrogens (tertiary/aromatic N) is 2. The molecule has 2 rings (SSSR count). The summed E-state index contributed by atoms with van der Waals surface area (Å²) in [6.45, 7) is 3.94. The second kappa shape index (κ2) is 7.91. The molecule has 0 fully saturated rings. The van der Waals surface area contributed by atoms with E-state index in [9.17, 15) is 0 Å². The third-order valence-corrected chi connectivity index (χ3v) is 3.66. The van der Waals surface area contributed by atoms with Crippen molar-refractivity contribution < 1.29 is 0 Å². The number of aromatic nitrogens is 1. The minimum absolute atomic E-state index is 0.0486. The van der Waals surface area contributed by atoms with Gasteiger partial charge in [-0.1, -0.05) is 37.6 Å². The van der Waals surface area contributed by atoms with Gasteiger partial charge >= 0.3 is 0 Å². The summed E-state index contributed by atoms with van der Waals surface area (Å²) in [5.41, 5.74) is 10.2. The Labute approximate surface area is 127 Å². The van der Waals surface area contributed by atoms with E-state index in [2.05, 4.69) is 48.1 Å². The molecule has 1 aromatic heterocycles. The molecule has 0 amide bonds. The molecule has 1 aromatic carbocycles. The number of benzene rings is 1. The van der Waals surface area contributed by atoms with Crippen LogP contribution in [0.5, 0.6) is 0 Å². The first-order chi connectivity index (χ1) is 10.2. The maximum absolute atomic E-state index is 6.32. The number of aryl methyl sites for hydroxylation is 1. The summed E-state index contributed by atoms with van der Waals surface area (Å²) >= 11 is 0. The van der Waals surface area contributed by atoms with E-state index in [0.717, 1.165) is 19.5 Å². The molecular formula is C18H25N3. The number of likely N-dealkylation sites (N-methyl/N-ethyl adjacent to an activating group) is 1. The van der Waals surface area contributed by atoms with Gasteiger partial charge in [0, 0.05) is 31.5 Å². The van der Waals surface area contributed by atoms with Crippen molar-refractivity contribution in [3.8, 4) is 0 Å². The zero-order valence-electron chi connectivity index (χ0n) is 13.0. The van der Waals surface area contributed by atoms with E-state index in [4.69, 9.17) is 5.73 Å². The maximum atomic E-state index is 6.32. The molecule has 0 saturated carbocycles. The first-order valence-electron chi connectivity index (χ1n) is 7.61. The third-order valence-electron chi connectivity index (χ3n) is 3.66. The average molecular weight is 283 g/mol. The second-order valence-corrected chi connectivity index (χ2v) is 5.65. The van der Waals surface area contributed by atoms with Crippen molar-refractivity contribution in [2.45, 2.75) is 32.4 Å². The molecule has 2 N–H and O–H groups in total. The van der Waals surface area contributed by atoms with Gasteiger partial charge in [0.2, 0.25) is 0 Å². The van der Waals surface area contributed by atoms with Crippen molar-refractivity contribution >= 4 is 0 Å². The number of hydrogen-bond donors (Lipinski definition) is 1. The van der Waals surface area contributed by atoms with Gasteiger partial charge in [0.15, 0.2) is 0 Å². The molecule has 0 aliphatic carbocycles. The Hall–Kier alpha value is -1.71. The largest absolute Gasteiger partial charge is 0.323 e. The Morgan fingerprint density at radius 2 is 1.71 bits per heavy atom. The number of pyridine rings is 1. The molecule has 1 heterocycles. The van der Waals surface area contributed by atoms with E-state index < -0.39 is 0 Å². The van der Waals surface area contributed by atoms with E-state index in [1.807, 2.05) is 24.5 Å². The zero-order chi connectivity index (χ0) is 15.1. The molecule has 3 nitrogen and oxygen atoms in total. The van der Waals surface area contributed by atoms with E-state index in [-0.39, 0.29) is 6.04 Å². The van der Waals surface area contributed by atoms with Crippen LogP contribution >= 0.6 is 0 Å². The molecule has 21 heavy (non-hydrogen) atoms. The number of rotatable bonds is 7. The molecule has 3 heteroatoms. The fourth-order valence-corrected chi connectivity index (χ4v) is 2.53. The molecule has 1 unspecified atom stereocenters. The molecule has 0 radical (unpaired) electrons. The second-order valence-electron chi connectivity index (χ2n) is 5.65. The lowest BCUT2D eigenvalue weighted by atomic mass is 10.0. The van der Waals surface area contributed by atoms with Gasteiger partial charge in [-0.2, -0.15) is 0 Å². The highest BCUT2D eigenvalue weighted by Gasteiger charge is 2.09. The van der Waals surface area contributed by atoms with E-state index >= 15 is 0 Å². The van der Waals surface area contributed by atoms with Gasteiger partial charge in [0.1, 0.15) is 0 Å². The SMILES string of the molecule is CCCc1ccc(C(N)CN(C)Cc2ccncc2)cc1. The molecule has 112 valence electrons. The van der Waals surface area contributed by atoms with Crippen LogP contribution in [-0.2, 0) is 13.0 Å². The van der Waals surface area contributed by atoms with Crippen LogP contribution in [0.3, 0.4) is 0 Å². The van der Waals surface area contributed by atoms with Crippen LogP contribution in [0.1, 0.15) is 36.1 Å². The molecular weight excluding hydrogens is 258 g/mol. The summed E-state index contributed by atoms with van der Waals surface area (Å²) in [7, 11) is 2.10. The summed E-state index contributed by atoms with van der Waals surface area (Å²) in [4.78, 5) is 6.29. The fraction of sp³-hybridized carbons (Fsp3) is 0.389. The predicted molar refractivity (Wildman–Crippen MR) is 87.9 cm³/mol. The Morgan fingerprint density at radius 1 is 1.05 bits per heavy atom. The van der Waals surface area contributed by atoms with Gasteiger partial charge in [-0.15, -0.1) is 0 Å². The fourth-order valence-electron chi connectivity index (χ4n) is 2.53. The van der Waals surface area contributed by atoms with Crippen LogP contribution in [0, 0.1) is 0 Å². The van der Waals surface area contributed by atoms with Crippen molar-refractivity contribution in [1.82, 2.24) is 9.88 Å². The number of hydrogen-bond acceptors (Lipinski definition) is 3. The van der Waals surface area contributed by atoms with Crippen molar-refractivity contribution in [1.29, 1.82) is 0 Å². The smallest absolute Gasteiger partial charge is 0.0424 e. The molecule has 0 aliphatic heterocycles. The lowest BCUT2D eigenvalue weighted by Gasteiger charge is -2.21. The van der Waals surface area contributed by atoms with Crippen LogP contribution in [0.15, 0.2) is 48.8 Å². The zero-order valence-corrected chi connectivity index (χ0v) is 13.0. The lowest BCUT2D eigenvalue weighted by molar-refractivity contribution is 0.305. The van der Waals surface area contributed by atoms with Crippen molar-refractivity contribution in [3.05, 3.63) is 65.5 Å². The Morgan fingerprint density at radius 3 is 2.33 bits per heavy atom. The van der Waals surface area contributed by atoms with E-state index in [1.165, 1.54) is 23.1 Å². The summed E-state index contributed by atoms with van der Waals surface area (Å²) < 4.78 is 0. The van der Waals surface area contributed by atoms with Crippen LogP contribution < -0.4 is 5.73 Å². The molecule has 0 spiro atoms. The van der Waals surface area contributed by atoms with Gasteiger partial charge in [0.25, 0.3) is 0 Å². The number of nitrogens with two attached hydrogens (primary N) is 1. The third kappa shape index (κ3) is 4.96. The quantitative estimate of drug-likeness (QED) is 0.848.